The van der Waals surface area contributed by atoms with Gasteiger partial charge in [-0.15, -0.1) is 0 Å². The van der Waals surface area contributed by atoms with Crippen LogP contribution in [0.3, 0.4) is 0 Å². The number of rotatable bonds is 7. The van der Waals surface area contributed by atoms with Gasteiger partial charge in [-0.25, -0.2) is 0 Å². The summed E-state index contributed by atoms with van der Waals surface area (Å²) >= 11 is 0. The van der Waals surface area contributed by atoms with Crippen molar-refractivity contribution >= 4 is 0 Å². The summed E-state index contributed by atoms with van der Waals surface area (Å²) < 4.78 is 5.50. The van der Waals surface area contributed by atoms with Gasteiger partial charge in [0.15, 0.2) is 5.82 Å². The molecule has 1 heterocycles. The summed E-state index contributed by atoms with van der Waals surface area (Å²) in [5.74, 6) is 3.68. The van der Waals surface area contributed by atoms with E-state index in [0.717, 1.165) is 37.0 Å². The van der Waals surface area contributed by atoms with E-state index in [1.54, 1.807) is 0 Å². The van der Waals surface area contributed by atoms with Crippen molar-refractivity contribution in [2.24, 2.45) is 11.8 Å². The zero-order valence-electron chi connectivity index (χ0n) is 14.1. The topological polar surface area (TPSA) is 51.0 Å². The molecule has 1 fully saturated rings. The summed E-state index contributed by atoms with van der Waals surface area (Å²) in [6.45, 7) is 10.1. The Morgan fingerprint density at radius 1 is 1.24 bits per heavy atom. The molecule has 2 rings (SSSR count). The lowest BCUT2D eigenvalue weighted by Gasteiger charge is -2.23. The smallest absolute Gasteiger partial charge is 0.228 e. The van der Waals surface area contributed by atoms with Crippen molar-refractivity contribution < 1.29 is 4.52 Å². The summed E-state index contributed by atoms with van der Waals surface area (Å²) in [7, 11) is 0. The molecule has 1 aliphatic carbocycles. The molecule has 0 bridgehead atoms. The molecule has 0 aliphatic heterocycles. The second kappa shape index (κ2) is 7.92. The lowest BCUT2D eigenvalue weighted by molar-refractivity contribution is 0.311. The molecule has 1 aliphatic rings. The van der Waals surface area contributed by atoms with Crippen LogP contribution in [0.25, 0.3) is 0 Å². The molecule has 1 unspecified atom stereocenters. The highest BCUT2D eigenvalue weighted by Crippen LogP contribution is 2.34. The van der Waals surface area contributed by atoms with Gasteiger partial charge in [0.05, 0.1) is 0 Å². The highest BCUT2D eigenvalue weighted by molar-refractivity contribution is 4.98. The Bertz CT molecular complexity index is 408. The zero-order chi connectivity index (χ0) is 15.2. The van der Waals surface area contributed by atoms with Crippen LogP contribution in [0.15, 0.2) is 4.52 Å². The standard InChI is InChI=1S/C17H31N3O/c1-5-10-18-15(12(2)3)11-16-19-17(20-21-16)14-8-6-13(4)7-9-14/h12-15,18H,5-11H2,1-4H3. The first-order chi connectivity index (χ1) is 10.1. The highest BCUT2D eigenvalue weighted by Gasteiger charge is 2.25. The van der Waals surface area contributed by atoms with Crippen LogP contribution in [0.4, 0.5) is 0 Å². The van der Waals surface area contributed by atoms with Crippen molar-refractivity contribution in [2.45, 2.75) is 78.2 Å². The van der Waals surface area contributed by atoms with E-state index in [0.29, 0.717) is 17.9 Å². The number of hydrogen-bond donors (Lipinski definition) is 1. The molecule has 0 radical (unpaired) electrons. The molecule has 1 atom stereocenters. The molecule has 0 amide bonds. The molecule has 1 aromatic rings. The second-order valence-electron chi connectivity index (χ2n) is 7.01. The van der Waals surface area contributed by atoms with Crippen LogP contribution < -0.4 is 5.32 Å². The van der Waals surface area contributed by atoms with E-state index in [4.69, 9.17) is 4.52 Å². The van der Waals surface area contributed by atoms with Crippen molar-refractivity contribution in [3.05, 3.63) is 11.7 Å². The molecule has 1 saturated carbocycles. The van der Waals surface area contributed by atoms with Crippen LogP contribution in [0.1, 0.15) is 77.4 Å². The molecular formula is C17H31N3O. The first-order valence-corrected chi connectivity index (χ1v) is 8.66. The maximum atomic E-state index is 5.50. The molecule has 4 heteroatoms. The number of nitrogens with one attached hydrogen (secondary N) is 1. The van der Waals surface area contributed by atoms with E-state index >= 15 is 0 Å². The lowest BCUT2D eigenvalue weighted by Crippen LogP contribution is -2.36. The molecular weight excluding hydrogens is 262 g/mol. The van der Waals surface area contributed by atoms with Gasteiger partial charge in [-0.3, -0.25) is 0 Å². The van der Waals surface area contributed by atoms with Crippen molar-refractivity contribution in [1.82, 2.24) is 15.5 Å². The van der Waals surface area contributed by atoms with Crippen molar-refractivity contribution in [1.29, 1.82) is 0 Å². The van der Waals surface area contributed by atoms with Crippen LogP contribution >= 0.6 is 0 Å². The SMILES string of the molecule is CCCNC(Cc1nc(C2CCC(C)CC2)no1)C(C)C. The zero-order valence-corrected chi connectivity index (χ0v) is 14.1. The Morgan fingerprint density at radius 3 is 2.57 bits per heavy atom. The Balaban J connectivity index is 1.92. The van der Waals surface area contributed by atoms with Crippen LogP contribution in [-0.2, 0) is 6.42 Å². The number of hydrogen-bond acceptors (Lipinski definition) is 4. The fourth-order valence-corrected chi connectivity index (χ4v) is 3.10. The summed E-state index contributed by atoms with van der Waals surface area (Å²) in [6, 6.07) is 0.421. The Hall–Kier alpha value is -0.900. The summed E-state index contributed by atoms with van der Waals surface area (Å²) in [6.07, 6.45) is 7.00. The van der Waals surface area contributed by atoms with Gasteiger partial charge < -0.3 is 9.84 Å². The van der Waals surface area contributed by atoms with Gasteiger partial charge in [-0.05, 0) is 37.6 Å². The van der Waals surface area contributed by atoms with Crippen LogP contribution in [0.2, 0.25) is 0 Å². The quantitative estimate of drug-likeness (QED) is 0.827. The molecule has 0 aromatic carbocycles. The normalized spacial score (nSPS) is 24.4. The maximum Gasteiger partial charge on any atom is 0.228 e. The molecule has 0 spiro atoms. The second-order valence-corrected chi connectivity index (χ2v) is 7.01. The van der Waals surface area contributed by atoms with Gasteiger partial charge in [-0.2, -0.15) is 4.98 Å². The third-order valence-electron chi connectivity index (χ3n) is 4.72. The van der Waals surface area contributed by atoms with Gasteiger partial charge in [0.1, 0.15) is 0 Å². The minimum atomic E-state index is 0.421. The van der Waals surface area contributed by atoms with E-state index < -0.39 is 0 Å². The molecule has 0 saturated heterocycles. The van der Waals surface area contributed by atoms with Gasteiger partial charge in [0.2, 0.25) is 5.89 Å². The van der Waals surface area contributed by atoms with E-state index in [-0.39, 0.29) is 0 Å². The van der Waals surface area contributed by atoms with Crippen molar-refractivity contribution in [3.63, 3.8) is 0 Å². The third kappa shape index (κ3) is 4.80. The van der Waals surface area contributed by atoms with Crippen LogP contribution in [0.5, 0.6) is 0 Å². The van der Waals surface area contributed by atoms with E-state index in [1.165, 1.54) is 25.7 Å². The van der Waals surface area contributed by atoms with E-state index in [2.05, 4.69) is 43.2 Å². The average Bonchev–Trinajstić information content (AvgIpc) is 2.92. The molecule has 1 N–H and O–H groups in total. The van der Waals surface area contributed by atoms with Gasteiger partial charge in [-0.1, -0.05) is 45.7 Å². The lowest BCUT2D eigenvalue weighted by atomic mass is 9.83. The van der Waals surface area contributed by atoms with Gasteiger partial charge in [0.25, 0.3) is 0 Å². The van der Waals surface area contributed by atoms with E-state index in [9.17, 15) is 0 Å². The first kappa shape index (κ1) is 16.5. The van der Waals surface area contributed by atoms with Crippen LogP contribution in [0, 0.1) is 11.8 Å². The molecule has 1 aromatic heterocycles. The fourth-order valence-electron chi connectivity index (χ4n) is 3.10. The number of nitrogens with zero attached hydrogens (tertiary/aromatic N) is 2. The molecule has 4 nitrogen and oxygen atoms in total. The molecule has 21 heavy (non-hydrogen) atoms. The number of aromatic nitrogens is 2. The fraction of sp³-hybridized carbons (Fsp3) is 0.882. The van der Waals surface area contributed by atoms with Gasteiger partial charge >= 0.3 is 0 Å². The Labute approximate surface area is 129 Å². The van der Waals surface area contributed by atoms with E-state index in [1.807, 2.05) is 0 Å². The maximum absolute atomic E-state index is 5.50. The van der Waals surface area contributed by atoms with Crippen molar-refractivity contribution in [2.75, 3.05) is 6.54 Å². The van der Waals surface area contributed by atoms with Crippen molar-refractivity contribution in [3.8, 4) is 0 Å². The summed E-state index contributed by atoms with van der Waals surface area (Å²) in [4.78, 5) is 4.67. The average molecular weight is 293 g/mol. The molecule has 120 valence electrons. The van der Waals surface area contributed by atoms with Gasteiger partial charge in [0, 0.05) is 18.4 Å². The highest BCUT2D eigenvalue weighted by atomic mass is 16.5. The minimum Gasteiger partial charge on any atom is -0.339 e. The predicted molar refractivity (Wildman–Crippen MR) is 85.3 cm³/mol. The summed E-state index contributed by atoms with van der Waals surface area (Å²) in [5.41, 5.74) is 0. The van der Waals surface area contributed by atoms with Crippen LogP contribution in [-0.4, -0.2) is 22.7 Å². The predicted octanol–water partition coefficient (Wildman–Crippen LogP) is 3.93. The Kier molecular flexibility index (Phi) is 6.22. The monoisotopic (exact) mass is 293 g/mol. The third-order valence-corrected chi connectivity index (χ3v) is 4.72. The summed E-state index contributed by atoms with van der Waals surface area (Å²) in [5, 5.41) is 7.83. The Morgan fingerprint density at radius 2 is 1.95 bits per heavy atom. The minimum absolute atomic E-state index is 0.421. The first-order valence-electron chi connectivity index (χ1n) is 8.66. The largest absolute Gasteiger partial charge is 0.339 e.